The number of hydrogen-bond acceptors (Lipinski definition) is 3. The fourth-order valence-corrected chi connectivity index (χ4v) is 2.09. The van der Waals surface area contributed by atoms with Gasteiger partial charge in [-0.05, 0) is 19.9 Å². The van der Waals surface area contributed by atoms with Crippen molar-refractivity contribution in [1.29, 1.82) is 0 Å². The molecule has 2 heterocycles. The van der Waals surface area contributed by atoms with Gasteiger partial charge in [-0.1, -0.05) is 0 Å². The quantitative estimate of drug-likeness (QED) is 0.675. The number of H-pyrrole nitrogens is 1. The minimum atomic E-state index is 0.122. The fourth-order valence-electron chi connectivity index (χ4n) is 2.09. The van der Waals surface area contributed by atoms with Crippen LogP contribution in [0.4, 0.5) is 0 Å². The van der Waals surface area contributed by atoms with E-state index in [1.165, 1.54) is 0 Å². The Labute approximate surface area is 95.0 Å². The molecule has 5 nitrogen and oxygen atoms in total. The van der Waals surface area contributed by atoms with E-state index in [1.807, 2.05) is 0 Å². The normalized spacial score (nSPS) is 24.6. The summed E-state index contributed by atoms with van der Waals surface area (Å²) in [6.07, 6.45) is 5.21. The third kappa shape index (κ3) is 2.61. The van der Waals surface area contributed by atoms with Crippen molar-refractivity contribution in [3.63, 3.8) is 0 Å². The van der Waals surface area contributed by atoms with Crippen molar-refractivity contribution in [3.8, 4) is 0 Å². The van der Waals surface area contributed by atoms with Gasteiger partial charge in [-0.2, -0.15) is 0 Å². The molecule has 2 unspecified atom stereocenters. The van der Waals surface area contributed by atoms with Gasteiger partial charge in [0.2, 0.25) is 5.91 Å². The molecule has 1 aliphatic rings. The Morgan fingerprint density at radius 1 is 1.69 bits per heavy atom. The van der Waals surface area contributed by atoms with Crippen LogP contribution >= 0.6 is 0 Å². The predicted molar refractivity (Wildman–Crippen MR) is 60.9 cm³/mol. The summed E-state index contributed by atoms with van der Waals surface area (Å²) in [5.74, 6) is 1.19. The summed E-state index contributed by atoms with van der Waals surface area (Å²) in [5.41, 5.74) is 0. The van der Waals surface area contributed by atoms with Crippen LogP contribution in [0.1, 0.15) is 19.2 Å². The lowest BCUT2D eigenvalue weighted by atomic mass is 10.0. The second kappa shape index (κ2) is 5.12. The first-order valence-corrected chi connectivity index (χ1v) is 5.76. The number of imidazole rings is 1. The van der Waals surface area contributed by atoms with Gasteiger partial charge in [-0.15, -0.1) is 0 Å². The van der Waals surface area contributed by atoms with Crippen molar-refractivity contribution in [1.82, 2.24) is 20.6 Å². The number of rotatable bonds is 4. The monoisotopic (exact) mass is 222 g/mol. The maximum absolute atomic E-state index is 11.8. The summed E-state index contributed by atoms with van der Waals surface area (Å²) in [6, 6.07) is 0.295. The minimum Gasteiger partial charge on any atom is -0.355 e. The topological polar surface area (TPSA) is 69.8 Å². The van der Waals surface area contributed by atoms with Crippen molar-refractivity contribution in [2.24, 2.45) is 5.92 Å². The van der Waals surface area contributed by atoms with Crippen molar-refractivity contribution in [2.45, 2.75) is 25.8 Å². The number of aromatic nitrogens is 2. The smallest absolute Gasteiger partial charge is 0.224 e. The lowest BCUT2D eigenvalue weighted by molar-refractivity contribution is -0.125. The lowest BCUT2D eigenvalue weighted by Crippen LogP contribution is -2.37. The van der Waals surface area contributed by atoms with Gasteiger partial charge < -0.3 is 15.6 Å². The predicted octanol–water partition coefficient (Wildman–Crippen LogP) is 0.0664. The SMILES string of the molecule is CC1NCCC1C(=O)NCCc1ncc[nH]1. The molecule has 2 atom stereocenters. The molecule has 16 heavy (non-hydrogen) atoms. The second-order valence-corrected chi connectivity index (χ2v) is 4.21. The molecule has 0 bridgehead atoms. The zero-order chi connectivity index (χ0) is 11.4. The van der Waals surface area contributed by atoms with Gasteiger partial charge >= 0.3 is 0 Å². The third-order valence-electron chi connectivity index (χ3n) is 3.08. The second-order valence-electron chi connectivity index (χ2n) is 4.21. The zero-order valence-electron chi connectivity index (χ0n) is 9.49. The molecule has 0 aromatic carbocycles. The largest absolute Gasteiger partial charge is 0.355 e. The molecule has 1 saturated heterocycles. The van der Waals surface area contributed by atoms with Gasteiger partial charge in [-0.25, -0.2) is 4.98 Å². The van der Waals surface area contributed by atoms with Gasteiger partial charge in [0.05, 0.1) is 5.92 Å². The molecule has 5 heteroatoms. The number of nitrogens with one attached hydrogen (secondary N) is 3. The Balaban J connectivity index is 1.71. The van der Waals surface area contributed by atoms with E-state index >= 15 is 0 Å². The molecule has 0 radical (unpaired) electrons. The number of amides is 1. The molecule has 1 aromatic rings. The minimum absolute atomic E-state index is 0.122. The van der Waals surface area contributed by atoms with Crippen molar-refractivity contribution in [2.75, 3.05) is 13.1 Å². The number of carbonyl (C=O) groups is 1. The molecular weight excluding hydrogens is 204 g/mol. The van der Waals surface area contributed by atoms with E-state index in [0.29, 0.717) is 12.6 Å². The number of hydrogen-bond donors (Lipinski definition) is 3. The van der Waals surface area contributed by atoms with Crippen molar-refractivity contribution < 1.29 is 4.79 Å². The van der Waals surface area contributed by atoms with Crippen LogP contribution in [0.3, 0.4) is 0 Å². The summed E-state index contributed by atoms with van der Waals surface area (Å²) in [4.78, 5) is 18.9. The maximum Gasteiger partial charge on any atom is 0.224 e. The van der Waals surface area contributed by atoms with E-state index in [4.69, 9.17) is 0 Å². The van der Waals surface area contributed by atoms with Gasteiger partial charge in [0.15, 0.2) is 0 Å². The molecule has 0 spiro atoms. The Bertz CT molecular complexity index is 336. The van der Waals surface area contributed by atoms with E-state index < -0.39 is 0 Å². The third-order valence-corrected chi connectivity index (χ3v) is 3.08. The van der Waals surface area contributed by atoms with Crippen LogP contribution in [-0.2, 0) is 11.2 Å². The van der Waals surface area contributed by atoms with Crippen LogP contribution in [0.15, 0.2) is 12.4 Å². The molecule has 88 valence electrons. The Morgan fingerprint density at radius 3 is 3.19 bits per heavy atom. The summed E-state index contributed by atoms with van der Waals surface area (Å²) < 4.78 is 0. The van der Waals surface area contributed by atoms with E-state index in [9.17, 15) is 4.79 Å². The van der Waals surface area contributed by atoms with Gasteiger partial charge in [0.1, 0.15) is 5.82 Å². The number of carbonyl (C=O) groups excluding carboxylic acids is 1. The first-order chi connectivity index (χ1) is 7.77. The van der Waals surface area contributed by atoms with Crippen LogP contribution in [0, 0.1) is 5.92 Å². The van der Waals surface area contributed by atoms with E-state index in [0.717, 1.165) is 25.2 Å². The molecule has 1 fully saturated rings. The molecule has 1 aliphatic heterocycles. The highest BCUT2D eigenvalue weighted by molar-refractivity contribution is 5.79. The molecule has 0 aliphatic carbocycles. The van der Waals surface area contributed by atoms with Crippen LogP contribution in [-0.4, -0.2) is 35.0 Å². The van der Waals surface area contributed by atoms with Crippen LogP contribution < -0.4 is 10.6 Å². The molecule has 0 saturated carbocycles. The Hall–Kier alpha value is -1.36. The highest BCUT2D eigenvalue weighted by Crippen LogP contribution is 2.14. The highest BCUT2D eigenvalue weighted by atomic mass is 16.1. The molecule has 2 rings (SSSR count). The molecule has 1 aromatic heterocycles. The van der Waals surface area contributed by atoms with E-state index in [1.54, 1.807) is 12.4 Å². The van der Waals surface area contributed by atoms with Crippen LogP contribution in [0.2, 0.25) is 0 Å². The molecular formula is C11H18N4O. The summed E-state index contributed by atoms with van der Waals surface area (Å²) >= 11 is 0. The highest BCUT2D eigenvalue weighted by Gasteiger charge is 2.28. The zero-order valence-corrected chi connectivity index (χ0v) is 9.49. The lowest BCUT2D eigenvalue weighted by Gasteiger charge is -2.14. The average Bonchev–Trinajstić information content (AvgIpc) is 2.88. The maximum atomic E-state index is 11.8. The fraction of sp³-hybridized carbons (Fsp3) is 0.636. The average molecular weight is 222 g/mol. The Kier molecular flexibility index (Phi) is 3.56. The first kappa shape index (κ1) is 11.1. The first-order valence-electron chi connectivity index (χ1n) is 5.76. The standard InChI is InChI=1S/C11H18N4O/c1-8-9(2-4-12-8)11(16)15-5-3-10-13-6-7-14-10/h6-9,12H,2-5H2,1H3,(H,13,14)(H,15,16). The molecule has 3 N–H and O–H groups in total. The van der Waals surface area contributed by atoms with E-state index in [-0.39, 0.29) is 11.8 Å². The van der Waals surface area contributed by atoms with Crippen molar-refractivity contribution in [3.05, 3.63) is 18.2 Å². The van der Waals surface area contributed by atoms with Crippen LogP contribution in [0.25, 0.3) is 0 Å². The summed E-state index contributed by atoms with van der Waals surface area (Å²) in [5, 5.41) is 6.23. The van der Waals surface area contributed by atoms with Gasteiger partial charge in [-0.3, -0.25) is 4.79 Å². The Morgan fingerprint density at radius 2 is 2.56 bits per heavy atom. The van der Waals surface area contributed by atoms with Crippen molar-refractivity contribution >= 4 is 5.91 Å². The summed E-state index contributed by atoms with van der Waals surface area (Å²) in [6.45, 7) is 3.65. The number of nitrogens with zero attached hydrogens (tertiary/aromatic N) is 1. The van der Waals surface area contributed by atoms with E-state index in [2.05, 4.69) is 27.5 Å². The van der Waals surface area contributed by atoms with Crippen LogP contribution in [0.5, 0.6) is 0 Å². The van der Waals surface area contributed by atoms with Gasteiger partial charge in [0.25, 0.3) is 0 Å². The summed E-state index contributed by atoms with van der Waals surface area (Å²) in [7, 11) is 0. The van der Waals surface area contributed by atoms with Gasteiger partial charge in [0, 0.05) is 31.4 Å². The number of aromatic amines is 1. The molecule has 1 amide bonds.